The van der Waals surface area contributed by atoms with Gasteiger partial charge in [0.2, 0.25) is 0 Å². The molecule has 0 saturated heterocycles. The number of benzene rings is 18. The molecule has 9 heterocycles. The van der Waals surface area contributed by atoms with Crippen LogP contribution < -0.4 is 0 Å². The van der Waals surface area contributed by atoms with Gasteiger partial charge in [-0.15, -0.1) is 34.0 Å². The summed E-state index contributed by atoms with van der Waals surface area (Å²) in [4.78, 5) is 0. The number of aromatic nitrogens is 3. The maximum atomic E-state index is 10.4. The van der Waals surface area contributed by atoms with Gasteiger partial charge >= 0.3 is 0 Å². The average molecular weight is 1700 g/mol. The Morgan fingerprint density at radius 1 is 0.209 bits per heavy atom. The van der Waals surface area contributed by atoms with Gasteiger partial charge in [-0.05, 0) is 199 Å². The lowest BCUT2D eigenvalue weighted by molar-refractivity contribution is 0.668. The van der Waals surface area contributed by atoms with Gasteiger partial charge in [0.15, 0.2) is 0 Å². The molecule has 0 amide bonds. The second-order valence-corrected chi connectivity index (χ2v) is 35.4. The highest BCUT2D eigenvalue weighted by Crippen LogP contribution is 2.51. The Hall–Kier alpha value is -17.6. The third-order valence-corrected chi connectivity index (χ3v) is 29.0. The van der Waals surface area contributed by atoms with Gasteiger partial charge in [0, 0.05) is 142 Å². The first-order valence-electron chi connectivity index (χ1n) is 41.9. The van der Waals surface area contributed by atoms with Crippen LogP contribution in [0.25, 0.3) is 242 Å². The van der Waals surface area contributed by atoms with Crippen LogP contribution in [0.4, 0.5) is 0 Å². The highest BCUT2D eigenvalue weighted by atomic mass is 32.1. The molecule has 12 nitrogen and oxygen atoms in total. The molecule has 0 unspecified atom stereocenters. The number of rotatable bonds is 6. The first kappa shape index (κ1) is 74.0. The van der Waals surface area contributed by atoms with Crippen molar-refractivity contribution in [2.24, 2.45) is 0 Å². The van der Waals surface area contributed by atoms with Gasteiger partial charge < -0.3 is 27.0 Å². The van der Waals surface area contributed by atoms with Crippen molar-refractivity contribution >= 4 is 226 Å². The maximum absolute atomic E-state index is 10.4. The van der Waals surface area contributed by atoms with E-state index < -0.39 is 0 Å². The number of hydrogen-bond acceptors (Lipinski definition) is 12. The van der Waals surface area contributed by atoms with Crippen LogP contribution >= 0.6 is 34.0 Å². The van der Waals surface area contributed by atoms with Crippen LogP contribution in [0.2, 0.25) is 0 Å². The Labute approximate surface area is 744 Å². The Balaban J connectivity index is 0.000000105. The first-order chi connectivity index (χ1) is 63.7. The second-order valence-electron chi connectivity index (χ2n) is 32.3. The molecule has 15 heteroatoms. The van der Waals surface area contributed by atoms with Crippen molar-refractivity contribution in [2.75, 3.05) is 0 Å². The van der Waals surface area contributed by atoms with Crippen LogP contribution in [0.3, 0.4) is 0 Å². The van der Waals surface area contributed by atoms with E-state index in [1.807, 2.05) is 143 Å². The molecule has 9 aromatic heterocycles. The lowest BCUT2D eigenvalue weighted by Gasteiger charge is -2.16. The molecule has 0 fully saturated rings. The molecule has 594 valence electrons. The summed E-state index contributed by atoms with van der Waals surface area (Å²) in [5.41, 5.74) is 23.3. The number of fused-ring (bicyclic) bond motifs is 30. The maximum Gasteiger partial charge on any atom is 0.135 e. The Morgan fingerprint density at radius 2 is 0.543 bits per heavy atom. The molecule has 0 N–H and O–H groups in total. The molecule has 0 aliphatic rings. The van der Waals surface area contributed by atoms with E-state index in [0.29, 0.717) is 33.4 Å². The highest BCUT2D eigenvalue weighted by molar-refractivity contribution is 7.27. The number of para-hydroxylation sites is 4. The SMILES string of the molecule is N#Cc1ccc(-c2ccc3oc4ccc(C#N)cc4c3c2)c(-n2c3ccccc3c3c4sc5ccccc5c4ccc32)c1.N#Cc1ccc(-n2c3ccccc3c3c4sc5ccccc5c4ccc32)c(-c2ccc3oc4ccc(C#N)cc4c3c2)c1.N#Cc1ccc2oc3ccc(-c4cccc(C#N)c4-n4c5ccccc5c5c6sc7ccccc7c6ccc54)cc3c2c1. The molecule has 0 atom stereocenters. The molecule has 0 saturated carbocycles. The minimum Gasteiger partial charge on any atom is -0.456 e. The van der Waals surface area contributed by atoms with E-state index in [2.05, 4.69) is 269 Å². The third-order valence-electron chi connectivity index (χ3n) is 25.4. The standard InChI is InChI=1S/3C38H19N3OS/c39-20-22-12-16-33-29(18-22)30-19-23(13-17-34(30)42-33)25-9-5-6-24(21-40)37(25)41-31-10-3-1-8-28(31)36-32(41)15-14-27-26-7-2-4-11-35(26)43-38(27)36;39-20-22-9-13-32(28(17-22)24-11-16-35-30(19-24)29-18-23(21-40)10-15-34(29)42-35)41-31-7-3-1-6-27(31)37-33(41)14-12-26-25-5-2-4-8-36(25)43-38(26)37;39-20-22-10-15-34-29(17-22)30-19-24(11-16-35(30)42-34)25-12-9-23(21-40)18-33(25)41-31-7-3-1-6-28(31)37-32(41)14-13-27-26-5-2-4-8-36(26)43-38(27)37/h3*1-19H. The van der Waals surface area contributed by atoms with Crippen molar-refractivity contribution in [1.29, 1.82) is 31.6 Å². The molecule has 18 aromatic carbocycles. The van der Waals surface area contributed by atoms with E-state index in [9.17, 15) is 31.6 Å². The fraction of sp³-hybridized carbons (Fsp3) is 0. The predicted molar refractivity (Wildman–Crippen MR) is 527 cm³/mol. The van der Waals surface area contributed by atoms with Crippen molar-refractivity contribution in [3.05, 3.63) is 379 Å². The largest absolute Gasteiger partial charge is 0.456 e. The van der Waals surface area contributed by atoms with E-state index in [1.54, 1.807) is 18.2 Å². The van der Waals surface area contributed by atoms with Gasteiger partial charge in [-0.1, -0.05) is 164 Å². The quantitative estimate of drug-likeness (QED) is 0.155. The summed E-state index contributed by atoms with van der Waals surface area (Å²) >= 11 is 5.49. The smallest absolute Gasteiger partial charge is 0.135 e. The lowest BCUT2D eigenvalue weighted by atomic mass is 9.98. The van der Waals surface area contributed by atoms with Gasteiger partial charge in [0.05, 0.1) is 114 Å². The molecule has 0 spiro atoms. The van der Waals surface area contributed by atoms with Crippen LogP contribution in [-0.2, 0) is 0 Å². The minimum atomic E-state index is 0.589. The zero-order valence-corrected chi connectivity index (χ0v) is 70.3. The number of hydrogen-bond donors (Lipinski definition) is 0. The predicted octanol–water partition coefficient (Wildman–Crippen LogP) is 31.4. The van der Waals surface area contributed by atoms with Gasteiger partial charge in [-0.2, -0.15) is 31.6 Å². The molecule has 129 heavy (non-hydrogen) atoms. The van der Waals surface area contributed by atoms with Gasteiger partial charge in [-0.25, -0.2) is 0 Å². The van der Waals surface area contributed by atoms with Crippen molar-refractivity contribution in [3.8, 4) is 86.9 Å². The zero-order chi connectivity index (χ0) is 86.0. The van der Waals surface area contributed by atoms with Gasteiger partial charge in [-0.3, -0.25) is 0 Å². The van der Waals surface area contributed by atoms with Gasteiger partial charge in [0.1, 0.15) is 39.6 Å². The average Bonchev–Trinajstić information content (AvgIpc) is 1.56. The van der Waals surface area contributed by atoms with Crippen LogP contribution in [0.1, 0.15) is 33.4 Å². The van der Waals surface area contributed by atoms with Crippen LogP contribution in [0.5, 0.6) is 0 Å². The summed E-state index contributed by atoms with van der Waals surface area (Å²) in [6, 6.07) is 131. The number of nitrogens with zero attached hydrogens (tertiary/aromatic N) is 9. The van der Waals surface area contributed by atoms with Crippen molar-refractivity contribution in [2.45, 2.75) is 0 Å². The van der Waals surface area contributed by atoms with Gasteiger partial charge in [0.25, 0.3) is 0 Å². The molecule has 0 radical (unpaired) electrons. The first-order valence-corrected chi connectivity index (χ1v) is 44.3. The summed E-state index contributed by atoms with van der Waals surface area (Å²) < 4.78 is 32.8. The molecular weight excluding hydrogens is 1640 g/mol. The van der Waals surface area contributed by atoms with Crippen molar-refractivity contribution in [3.63, 3.8) is 0 Å². The Bertz CT molecular complexity index is 9790. The van der Waals surface area contributed by atoms with E-state index in [-0.39, 0.29) is 0 Å². The molecule has 0 aliphatic heterocycles. The summed E-state index contributed by atoms with van der Waals surface area (Å²) in [6.45, 7) is 0. The van der Waals surface area contributed by atoms with E-state index in [1.165, 1.54) is 87.4 Å². The minimum absolute atomic E-state index is 0.589. The van der Waals surface area contributed by atoms with E-state index >= 15 is 0 Å². The number of nitriles is 6. The number of furan rings is 3. The summed E-state index contributed by atoms with van der Waals surface area (Å²) in [5.74, 6) is 0. The fourth-order valence-corrected chi connectivity index (χ4v) is 23.5. The van der Waals surface area contributed by atoms with E-state index in [4.69, 9.17) is 13.3 Å². The summed E-state index contributed by atoms with van der Waals surface area (Å²) in [7, 11) is 0. The van der Waals surface area contributed by atoms with E-state index in [0.717, 1.165) is 155 Å². The molecule has 27 rings (SSSR count). The Kier molecular flexibility index (Phi) is 16.6. The fourth-order valence-electron chi connectivity index (χ4n) is 19.7. The highest BCUT2D eigenvalue weighted by Gasteiger charge is 2.27. The normalized spacial score (nSPS) is 11.7. The van der Waals surface area contributed by atoms with Crippen LogP contribution in [0.15, 0.2) is 359 Å². The van der Waals surface area contributed by atoms with Crippen molar-refractivity contribution in [1.82, 2.24) is 13.7 Å². The Morgan fingerprint density at radius 3 is 0.969 bits per heavy atom. The molecule has 27 aromatic rings. The monoisotopic (exact) mass is 1700 g/mol. The molecule has 0 aliphatic carbocycles. The second kappa shape index (κ2) is 29.0. The summed E-state index contributed by atoms with van der Waals surface area (Å²) in [5, 5.41) is 79.1. The lowest BCUT2D eigenvalue weighted by Crippen LogP contribution is -2.00. The van der Waals surface area contributed by atoms with Crippen LogP contribution in [-0.4, -0.2) is 13.7 Å². The molecule has 0 bridgehead atoms. The third kappa shape index (κ3) is 11.4. The summed E-state index contributed by atoms with van der Waals surface area (Å²) in [6.07, 6.45) is 0. The zero-order valence-electron chi connectivity index (χ0n) is 67.9. The van der Waals surface area contributed by atoms with Crippen molar-refractivity contribution < 1.29 is 13.3 Å². The topological polar surface area (TPSA) is 197 Å². The molecular formula is C114H57N9O3S3. The number of thiophene rings is 3. The van der Waals surface area contributed by atoms with Crippen LogP contribution in [0, 0.1) is 68.0 Å².